The van der Waals surface area contributed by atoms with Gasteiger partial charge in [0.15, 0.2) is 0 Å². The molecule has 1 aliphatic heterocycles. The Morgan fingerprint density at radius 3 is 2.42 bits per heavy atom. The first-order valence-corrected chi connectivity index (χ1v) is 10.9. The van der Waals surface area contributed by atoms with Gasteiger partial charge in [0, 0.05) is 26.3 Å². The standard InChI is InChI=1S/C16H24N4O4S2/c1-17-14(21)11-18-15(22)12-25-16-7-6-13(10-19-16)26(23,24)20-8-4-2-3-5-9-20/h6-7,10H,2-5,8-9,11-12H2,1H3,(H,17,21)(H,18,22). The Kier molecular flexibility index (Phi) is 7.85. The van der Waals surface area contributed by atoms with E-state index in [0.717, 1.165) is 25.7 Å². The predicted molar refractivity (Wildman–Crippen MR) is 99.3 cm³/mol. The van der Waals surface area contributed by atoms with Crippen LogP contribution in [0.3, 0.4) is 0 Å². The van der Waals surface area contributed by atoms with E-state index in [2.05, 4.69) is 15.6 Å². The number of aromatic nitrogens is 1. The van der Waals surface area contributed by atoms with Gasteiger partial charge < -0.3 is 10.6 Å². The Hall–Kier alpha value is -1.65. The fourth-order valence-electron chi connectivity index (χ4n) is 2.49. The Morgan fingerprint density at radius 2 is 1.85 bits per heavy atom. The zero-order valence-electron chi connectivity index (χ0n) is 14.7. The molecule has 0 atom stereocenters. The first kappa shape index (κ1) is 20.7. The van der Waals surface area contributed by atoms with E-state index < -0.39 is 10.0 Å². The molecule has 144 valence electrons. The van der Waals surface area contributed by atoms with Crippen molar-refractivity contribution < 1.29 is 18.0 Å². The van der Waals surface area contributed by atoms with Crippen molar-refractivity contribution in [3.63, 3.8) is 0 Å². The van der Waals surface area contributed by atoms with E-state index in [9.17, 15) is 18.0 Å². The van der Waals surface area contributed by atoms with Crippen LogP contribution in [0.25, 0.3) is 0 Å². The largest absolute Gasteiger partial charge is 0.358 e. The second kappa shape index (κ2) is 9.89. The summed E-state index contributed by atoms with van der Waals surface area (Å²) in [6.45, 7) is 1.02. The van der Waals surface area contributed by atoms with Crippen molar-refractivity contribution in [2.24, 2.45) is 0 Å². The molecule has 1 fully saturated rings. The molecule has 1 saturated heterocycles. The number of nitrogens with zero attached hydrogens (tertiary/aromatic N) is 2. The van der Waals surface area contributed by atoms with E-state index in [4.69, 9.17) is 0 Å². The third-order valence-corrected chi connectivity index (χ3v) is 6.81. The van der Waals surface area contributed by atoms with Crippen LogP contribution >= 0.6 is 11.8 Å². The maximum atomic E-state index is 12.7. The molecule has 10 heteroatoms. The average Bonchev–Trinajstić information content (AvgIpc) is 2.94. The summed E-state index contributed by atoms with van der Waals surface area (Å²) in [6.07, 6.45) is 5.21. The second-order valence-electron chi connectivity index (χ2n) is 5.89. The first-order valence-electron chi connectivity index (χ1n) is 8.50. The minimum absolute atomic E-state index is 0.0731. The molecule has 8 nitrogen and oxygen atoms in total. The highest BCUT2D eigenvalue weighted by atomic mass is 32.2. The van der Waals surface area contributed by atoms with Crippen molar-refractivity contribution in [3.05, 3.63) is 18.3 Å². The lowest BCUT2D eigenvalue weighted by Crippen LogP contribution is -2.36. The number of rotatable bonds is 7. The van der Waals surface area contributed by atoms with Crippen molar-refractivity contribution in [2.45, 2.75) is 35.6 Å². The maximum absolute atomic E-state index is 12.7. The van der Waals surface area contributed by atoms with Gasteiger partial charge in [0.25, 0.3) is 0 Å². The molecule has 1 aliphatic rings. The highest BCUT2D eigenvalue weighted by Gasteiger charge is 2.25. The number of carbonyl (C=O) groups excluding carboxylic acids is 2. The monoisotopic (exact) mass is 400 g/mol. The Bertz CT molecular complexity index is 714. The Morgan fingerprint density at radius 1 is 1.15 bits per heavy atom. The molecule has 0 aromatic carbocycles. The molecule has 1 aromatic heterocycles. The van der Waals surface area contributed by atoms with Crippen molar-refractivity contribution in [2.75, 3.05) is 32.4 Å². The Labute approximate surface area is 158 Å². The van der Waals surface area contributed by atoms with Gasteiger partial charge in [0.2, 0.25) is 21.8 Å². The van der Waals surface area contributed by atoms with Crippen LogP contribution in [0.4, 0.5) is 0 Å². The molecular formula is C16H24N4O4S2. The molecule has 2 rings (SSSR count). The van der Waals surface area contributed by atoms with Gasteiger partial charge in [-0.25, -0.2) is 13.4 Å². The van der Waals surface area contributed by atoms with Crippen LogP contribution in [0.5, 0.6) is 0 Å². The molecule has 0 unspecified atom stereocenters. The fourth-order valence-corrected chi connectivity index (χ4v) is 4.63. The third-order valence-electron chi connectivity index (χ3n) is 3.99. The zero-order chi connectivity index (χ0) is 19.0. The molecule has 0 bridgehead atoms. The molecule has 2 N–H and O–H groups in total. The Balaban J connectivity index is 1.91. The molecular weight excluding hydrogens is 376 g/mol. The van der Waals surface area contributed by atoms with Crippen LogP contribution < -0.4 is 10.6 Å². The number of hydrogen-bond acceptors (Lipinski definition) is 6. The number of hydrogen-bond donors (Lipinski definition) is 2. The van der Waals surface area contributed by atoms with E-state index in [-0.39, 0.29) is 29.0 Å². The number of carbonyl (C=O) groups is 2. The summed E-state index contributed by atoms with van der Waals surface area (Å²) in [5, 5.41) is 5.45. The van der Waals surface area contributed by atoms with Gasteiger partial charge in [-0.2, -0.15) is 4.31 Å². The minimum Gasteiger partial charge on any atom is -0.358 e. The molecule has 0 aliphatic carbocycles. The van der Waals surface area contributed by atoms with Gasteiger partial charge in [0.05, 0.1) is 17.3 Å². The molecule has 0 radical (unpaired) electrons. The lowest BCUT2D eigenvalue weighted by atomic mass is 10.2. The molecule has 2 heterocycles. The maximum Gasteiger partial charge on any atom is 0.244 e. The number of thioether (sulfide) groups is 1. The van der Waals surface area contributed by atoms with Crippen molar-refractivity contribution in [1.82, 2.24) is 19.9 Å². The normalized spacial score (nSPS) is 15.9. The lowest BCUT2D eigenvalue weighted by molar-refractivity contribution is -0.124. The van der Waals surface area contributed by atoms with Crippen LogP contribution in [0, 0.1) is 0 Å². The summed E-state index contributed by atoms with van der Waals surface area (Å²) in [7, 11) is -2.02. The number of amides is 2. The molecule has 2 amide bonds. The lowest BCUT2D eigenvalue weighted by Gasteiger charge is -2.19. The topological polar surface area (TPSA) is 108 Å². The smallest absolute Gasteiger partial charge is 0.244 e. The van der Waals surface area contributed by atoms with Gasteiger partial charge in [-0.1, -0.05) is 24.6 Å². The van der Waals surface area contributed by atoms with Gasteiger partial charge in [0.1, 0.15) is 4.90 Å². The van der Waals surface area contributed by atoms with Crippen LogP contribution in [0.15, 0.2) is 28.3 Å². The summed E-state index contributed by atoms with van der Waals surface area (Å²) in [4.78, 5) is 27.0. The van der Waals surface area contributed by atoms with Gasteiger partial charge in [-0.3, -0.25) is 9.59 Å². The van der Waals surface area contributed by atoms with E-state index >= 15 is 0 Å². The summed E-state index contributed by atoms with van der Waals surface area (Å²) in [6, 6.07) is 3.12. The van der Waals surface area contributed by atoms with Crippen LogP contribution in [0.1, 0.15) is 25.7 Å². The minimum atomic E-state index is -3.52. The predicted octanol–water partition coefficient (Wildman–Crippen LogP) is 0.601. The number of pyridine rings is 1. The van der Waals surface area contributed by atoms with Crippen molar-refractivity contribution >= 4 is 33.6 Å². The van der Waals surface area contributed by atoms with Crippen LogP contribution in [-0.4, -0.2) is 62.0 Å². The van der Waals surface area contributed by atoms with E-state index in [1.807, 2.05) is 0 Å². The quantitative estimate of drug-likeness (QED) is 0.649. The molecule has 26 heavy (non-hydrogen) atoms. The number of nitrogens with one attached hydrogen (secondary N) is 2. The van der Waals surface area contributed by atoms with E-state index in [0.29, 0.717) is 18.1 Å². The zero-order valence-corrected chi connectivity index (χ0v) is 16.4. The van der Waals surface area contributed by atoms with Crippen molar-refractivity contribution in [1.29, 1.82) is 0 Å². The first-order chi connectivity index (χ1) is 12.4. The average molecular weight is 401 g/mol. The van der Waals surface area contributed by atoms with E-state index in [1.165, 1.54) is 35.4 Å². The summed E-state index contributed by atoms with van der Waals surface area (Å²) in [5.41, 5.74) is 0. The second-order valence-corrected chi connectivity index (χ2v) is 8.82. The van der Waals surface area contributed by atoms with E-state index in [1.54, 1.807) is 6.07 Å². The molecule has 1 aromatic rings. The number of sulfonamides is 1. The highest BCUT2D eigenvalue weighted by molar-refractivity contribution is 7.99. The van der Waals surface area contributed by atoms with Crippen LogP contribution in [-0.2, 0) is 19.6 Å². The third kappa shape index (κ3) is 5.96. The summed E-state index contributed by atoms with van der Waals surface area (Å²) < 4.78 is 26.9. The van der Waals surface area contributed by atoms with Gasteiger partial charge in [-0.05, 0) is 25.0 Å². The molecule has 0 saturated carbocycles. The van der Waals surface area contributed by atoms with Gasteiger partial charge in [-0.15, -0.1) is 0 Å². The van der Waals surface area contributed by atoms with Gasteiger partial charge >= 0.3 is 0 Å². The van der Waals surface area contributed by atoms with Crippen molar-refractivity contribution in [3.8, 4) is 0 Å². The fraction of sp³-hybridized carbons (Fsp3) is 0.562. The highest BCUT2D eigenvalue weighted by Crippen LogP contribution is 2.22. The summed E-state index contributed by atoms with van der Waals surface area (Å²) >= 11 is 1.18. The SMILES string of the molecule is CNC(=O)CNC(=O)CSc1ccc(S(=O)(=O)N2CCCCCC2)cn1. The number of likely N-dealkylation sites (N-methyl/N-ethyl adjacent to an activating group) is 1. The molecule has 0 spiro atoms. The van der Waals surface area contributed by atoms with Crippen LogP contribution in [0.2, 0.25) is 0 Å². The summed E-state index contributed by atoms with van der Waals surface area (Å²) in [5.74, 6) is -0.464.